The van der Waals surface area contributed by atoms with Gasteiger partial charge >= 0.3 is 0 Å². The second-order valence-electron chi connectivity index (χ2n) is 6.79. The van der Waals surface area contributed by atoms with Gasteiger partial charge in [-0.1, -0.05) is 36.4 Å². The van der Waals surface area contributed by atoms with E-state index >= 15 is 0 Å². The molecule has 1 atom stereocenters. The molecule has 3 rings (SSSR count). The maximum absolute atomic E-state index is 13.0. The zero-order chi connectivity index (χ0) is 19.4. The summed E-state index contributed by atoms with van der Waals surface area (Å²) in [5.41, 5.74) is 3.10. The van der Waals surface area contributed by atoms with Crippen LogP contribution >= 0.6 is 0 Å². The zero-order valence-electron chi connectivity index (χ0n) is 15.9. The summed E-state index contributed by atoms with van der Waals surface area (Å²) in [5.74, 6) is 0.249. The lowest BCUT2D eigenvalue weighted by atomic mass is 10.1. The number of nitrogens with one attached hydrogen (secondary N) is 1. The van der Waals surface area contributed by atoms with Crippen molar-refractivity contribution in [2.45, 2.75) is 19.6 Å². The fraction of sp³-hybridized carbons (Fsp3) is 0.333. The first-order valence-corrected chi connectivity index (χ1v) is 9.00. The summed E-state index contributed by atoms with van der Waals surface area (Å²) in [6.45, 7) is 3.21. The van der Waals surface area contributed by atoms with Crippen LogP contribution in [0.3, 0.4) is 0 Å². The Bertz CT molecular complexity index is 837. The molecule has 1 aliphatic heterocycles. The van der Waals surface area contributed by atoms with Crippen LogP contribution in [-0.4, -0.2) is 50.0 Å². The molecule has 0 radical (unpaired) electrons. The number of anilines is 1. The van der Waals surface area contributed by atoms with Gasteiger partial charge in [0.05, 0.1) is 18.8 Å². The van der Waals surface area contributed by atoms with Crippen molar-refractivity contribution in [3.8, 4) is 5.75 Å². The van der Waals surface area contributed by atoms with Crippen LogP contribution in [0.2, 0.25) is 0 Å². The second kappa shape index (κ2) is 8.22. The van der Waals surface area contributed by atoms with Crippen molar-refractivity contribution in [1.82, 2.24) is 10.2 Å². The molecule has 1 N–H and O–H groups in total. The number of ether oxygens (including phenoxy) is 1. The van der Waals surface area contributed by atoms with Crippen molar-refractivity contribution in [2.24, 2.45) is 0 Å². The predicted molar refractivity (Wildman–Crippen MR) is 105 cm³/mol. The van der Waals surface area contributed by atoms with Gasteiger partial charge in [-0.3, -0.25) is 14.5 Å². The molecule has 2 aromatic rings. The molecule has 0 aromatic heterocycles. The molecule has 27 heavy (non-hydrogen) atoms. The zero-order valence-corrected chi connectivity index (χ0v) is 15.9. The standard InChI is InChI=1S/C21H25N3O3/c1-15-8-4-5-9-16(15)12-23(3)14-20(25)24-13-19(21(26)22-2)27-18-11-7-6-10-17(18)24/h4-11,19H,12-14H2,1-3H3,(H,22,26)/t19-/m0/s1. The summed E-state index contributed by atoms with van der Waals surface area (Å²) in [5, 5.41) is 2.59. The lowest BCUT2D eigenvalue weighted by Gasteiger charge is -2.34. The average Bonchev–Trinajstić information content (AvgIpc) is 2.68. The number of hydrogen-bond donors (Lipinski definition) is 1. The van der Waals surface area contributed by atoms with Crippen molar-refractivity contribution in [1.29, 1.82) is 0 Å². The highest BCUT2D eigenvalue weighted by Crippen LogP contribution is 2.33. The Kier molecular flexibility index (Phi) is 5.76. The number of benzene rings is 2. The Labute approximate surface area is 159 Å². The Morgan fingerprint density at radius 1 is 1.19 bits per heavy atom. The van der Waals surface area contributed by atoms with Crippen molar-refractivity contribution in [3.63, 3.8) is 0 Å². The van der Waals surface area contributed by atoms with Gasteiger partial charge in [-0.15, -0.1) is 0 Å². The summed E-state index contributed by atoms with van der Waals surface area (Å²) in [6.07, 6.45) is -0.712. The quantitative estimate of drug-likeness (QED) is 0.878. The number of carbonyl (C=O) groups excluding carboxylic acids is 2. The Hall–Kier alpha value is -2.86. The third-order valence-corrected chi connectivity index (χ3v) is 4.72. The van der Waals surface area contributed by atoms with Crippen LogP contribution in [0.25, 0.3) is 0 Å². The van der Waals surface area contributed by atoms with Crippen LogP contribution in [0.1, 0.15) is 11.1 Å². The first kappa shape index (κ1) is 18.9. The number of hydrogen-bond acceptors (Lipinski definition) is 4. The van der Waals surface area contributed by atoms with Crippen molar-refractivity contribution >= 4 is 17.5 Å². The van der Waals surface area contributed by atoms with Gasteiger partial charge in [0.15, 0.2) is 6.10 Å². The summed E-state index contributed by atoms with van der Waals surface area (Å²) < 4.78 is 5.76. The molecule has 2 amide bonds. The minimum atomic E-state index is -0.712. The fourth-order valence-electron chi connectivity index (χ4n) is 3.22. The SMILES string of the molecule is CNC(=O)[C@@H]1CN(C(=O)CN(C)Cc2ccccc2C)c2ccccc2O1. The number of nitrogens with zero attached hydrogens (tertiary/aromatic N) is 2. The third-order valence-electron chi connectivity index (χ3n) is 4.72. The Morgan fingerprint density at radius 2 is 1.89 bits per heavy atom. The van der Waals surface area contributed by atoms with Gasteiger partial charge in [0.2, 0.25) is 5.91 Å². The van der Waals surface area contributed by atoms with Crippen LogP contribution in [-0.2, 0) is 16.1 Å². The Balaban J connectivity index is 1.74. The molecule has 142 valence electrons. The number of para-hydroxylation sites is 2. The lowest BCUT2D eigenvalue weighted by molar-refractivity contribution is -0.128. The number of amides is 2. The van der Waals surface area contributed by atoms with Gasteiger partial charge in [0, 0.05) is 13.6 Å². The maximum atomic E-state index is 13.0. The minimum Gasteiger partial charge on any atom is -0.477 e. The van der Waals surface area contributed by atoms with Gasteiger partial charge < -0.3 is 15.0 Å². The highest BCUT2D eigenvalue weighted by atomic mass is 16.5. The second-order valence-corrected chi connectivity index (χ2v) is 6.79. The van der Waals surface area contributed by atoms with Crippen molar-refractivity contribution < 1.29 is 14.3 Å². The first-order valence-electron chi connectivity index (χ1n) is 9.00. The molecule has 0 saturated heterocycles. The van der Waals surface area contributed by atoms with E-state index < -0.39 is 6.10 Å². The molecule has 0 bridgehead atoms. The summed E-state index contributed by atoms with van der Waals surface area (Å²) >= 11 is 0. The maximum Gasteiger partial charge on any atom is 0.262 e. The lowest BCUT2D eigenvalue weighted by Crippen LogP contribution is -2.51. The van der Waals surface area contributed by atoms with E-state index in [0.717, 1.165) is 0 Å². The van der Waals surface area contributed by atoms with E-state index in [4.69, 9.17) is 4.74 Å². The van der Waals surface area contributed by atoms with Crippen molar-refractivity contribution in [3.05, 3.63) is 59.7 Å². The monoisotopic (exact) mass is 367 g/mol. The van der Waals surface area contributed by atoms with Gasteiger partial charge in [-0.2, -0.15) is 0 Å². The number of fused-ring (bicyclic) bond motifs is 1. The highest BCUT2D eigenvalue weighted by molar-refractivity contribution is 5.98. The molecule has 1 heterocycles. The van der Waals surface area contributed by atoms with Crippen LogP contribution in [0, 0.1) is 6.92 Å². The van der Waals surface area contributed by atoms with E-state index in [0.29, 0.717) is 18.0 Å². The molecule has 6 nitrogen and oxygen atoms in total. The molecule has 0 saturated carbocycles. The third kappa shape index (κ3) is 4.28. The van der Waals surface area contributed by atoms with Crippen LogP contribution in [0.5, 0.6) is 5.75 Å². The van der Waals surface area contributed by atoms with Crippen LogP contribution in [0.4, 0.5) is 5.69 Å². The summed E-state index contributed by atoms with van der Waals surface area (Å²) in [6, 6.07) is 15.5. The summed E-state index contributed by atoms with van der Waals surface area (Å²) in [4.78, 5) is 28.7. The van der Waals surface area contributed by atoms with Gasteiger partial charge in [-0.05, 0) is 37.2 Å². The van der Waals surface area contributed by atoms with E-state index in [1.165, 1.54) is 11.1 Å². The first-order chi connectivity index (χ1) is 13.0. The number of carbonyl (C=O) groups is 2. The average molecular weight is 367 g/mol. The molecule has 0 fully saturated rings. The van der Waals surface area contributed by atoms with Gasteiger partial charge in [-0.25, -0.2) is 0 Å². The normalized spacial score (nSPS) is 15.9. The van der Waals surface area contributed by atoms with E-state index in [9.17, 15) is 9.59 Å². The molecule has 0 aliphatic carbocycles. The molecule has 0 spiro atoms. The van der Waals surface area contributed by atoms with E-state index in [-0.39, 0.29) is 24.9 Å². The smallest absolute Gasteiger partial charge is 0.262 e. The fourth-order valence-corrected chi connectivity index (χ4v) is 3.22. The predicted octanol–water partition coefficient (Wildman–Crippen LogP) is 1.97. The van der Waals surface area contributed by atoms with Crippen molar-refractivity contribution in [2.75, 3.05) is 32.1 Å². The van der Waals surface area contributed by atoms with E-state index in [1.54, 1.807) is 18.0 Å². The topological polar surface area (TPSA) is 61.9 Å². The number of rotatable bonds is 5. The van der Waals surface area contributed by atoms with Crippen LogP contribution in [0.15, 0.2) is 48.5 Å². The molecule has 6 heteroatoms. The molecular weight excluding hydrogens is 342 g/mol. The molecular formula is C21H25N3O3. The molecule has 2 aromatic carbocycles. The van der Waals surface area contributed by atoms with Crippen LogP contribution < -0.4 is 15.0 Å². The molecule has 1 aliphatic rings. The van der Waals surface area contributed by atoms with Gasteiger partial charge in [0.1, 0.15) is 5.75 Å². The van der Waals surface area contributed by atoms with E-state index in [1.807, 2.05) is 42.3 Å². The van der Waals surface area contributed by atoms with E-state index in [2.05, 4.69) is 24.4 Å². The Morgan fingerprint density at radius 3 is 2.63 bits per heavy atom. The number of likely N-dealkylation sites (N-methyl/N-ethyl adjacent to an activating group) is 2. The van der Waals surface area contributed by atoms with Gasteiger partial charge in [0.25, 0.3) is 5.91 Å². The summed E-state index contributed by atoms with van der Waals surface area (Å²) in [7, 11) is 3.49. The highest BCUT2D eigenvalue weighted by Gasteiger charge is 2.33. The largest absolute Gasteiger partial charge is 0.477 e. The minimum absolute atomic E-state index is 0.0595. The number of aryl methyl sites for hydroxylation is 1. The molecule has 0 unspecified atom stereocenters.